The molecule has 4 nitrogen and oxygen atoms in total. The molecule has 0 atom stereocenters. The minimum Gasteiger partial charge on any atom is -0.357 e. The van der Waals surface area contributed by atoms with Crippen LogP contribution in [0.3, 0.4) is 0 Å². The van der Waals surface area contributed by atoms with Gasteiger partial charge in [0.2, 0.25) is 5.95 Å². The van der Waals surface area contributed by atoms with Crippen molar-refractivity contribution < 1.29 is 0 Å². The standard InChI is InChI=1S/C15H20N4/c1-4-19(5-2)14-11-12(3)16-15(18-14)17-13-9-7-6-8-10-13/h6-11H,4-5H2,1-3H3,(H,16,17,18). The summed E-state index contributed by atoms with van der Waals surface area (Å²) < 4.78 is 0. The maximum absolute atomic E-state index is 4.57. The van der Waals surface area contributed by atoms with Gasteiger partial charge in [0.05, 0.1) is 0 Å². The summed E-state index contributed by atoms with van der Waals surface area (Å²) >= 11 is 0. The molecule has 1 aromatic carbocycles. The molecule has 0 aliphatic carbocycles. The Morgan fingerprint density at radius 1 is 1.05 bits per heavy atom. The quantitative estimate of drug-likeness (QED) is 0.890. The summed E-state index contributed by atoms with van der Waals surface area (Å²) in [7, 11) is 0. The molecule has 0 aliphatic heterocycles. The van der Waals surface area contributed by atoms with Gasteiger partial charge in [-0.3, -0.25) is 0 Å². The molecule has 2 rings (SSSR count). The number of hydrogen-bond donors (Lipinski definition) is 1. The zero-order valence-corrected chi connectivity index (χ0v) is 11.7. The van der Waals surface area contributed by atoms with Gasteiger partial charge >= 0.3 is 0 Å². The van der Waals surface area contributed by atoms with Crippen molar-refractivity contribution in [2.75, 3.05) is 23.3 Å². The van der Waals surface area contributed by atoms with Gasteiger partial charge in [0, 0.05) is 30.5 Å². The van der Waals surface area contributed by atoms with Crippen molar-refractivity contribution in [1.82, 2.24) is 9.97 Å². The molecular formula is C15H20N4. The van der Waals surface area contributed by atoms with Gasteiger partial charge in [0.25, 0.3) is 0 Å². The summed E-state index contributed by atoms with van der Waals surface area (Å²) in [6.45, 7) is 8.14. The van der Waals surface area contributed by atoms with E-state index in [2.05, 4.69) is 34.0 Å². The van der Waals surface area contributed by atoms with Crippen LogP contribution in [-0.4, -0.2) is 23.1 Å². The summed E-state index contributed by atoms with van der Waals surface area (Å²) in [5, 5.41) is 3.24. The van der Waals surface area contributed by atoms with Gasteiger partial charge in [-0.15, -0.1) is 0 Å². The highest BCUT2D eigenvalue weighted by molar-refractivity contribution is 5.55. The third kappa shape index (κ3) is 3.44. The zero-order valence-electron chi connectivity index (χ0n) is 11.7. The second kappa shape index (κ2) is 6.18. The number of nitrogens with one attached hydrogen (secondary N) is 1. The Labute approximate surface area is 114 Å². The molecule has 0 amide bonds. The van der Waals surface area contributed by atoms with E-state index >= 15 is 0 Å². The Morgan fingerprint density at radius 3 is 2.37 bits per heavy atom. The number of rotatable bonds is 5. The average Bonchev–Trinajstić information content (AvgIpc) is 2.40. The van der Waals surface area contributed by atoms with E-state index < -0.39 is 0 Å². The number of nitrogens with zero attached hydrogens (tertiary/aromatic N) is 3. The number of aromatic nitrogens is 2. The number of anilines is 3. The Bertz CT molecular complexity index is 521. The van der Waals surface area contributed by atoms with Crippen LogP contribution >= 0.6 is 0 Å². The van der Waals surface area contributed by atoms with E-state index in [9.17, 15) is 0 Å². The second-order valence-electron chi connectivity index (χ2n) is 4.35. The van der Waals surface area contributed by atoms with Crippen LogP contribution in [0.2, 0.25) is 0 Å². The van der Waals surface area contributed by atoms with Crippen molar-refractivity contribution >= 4 is 17.5 Å². The van der Waals surface area contributed by atoms with Gasteiger partial charge in [0.15, 0.2) is 0 Å². The largest absolute Gasteiger partial charge is 0.357 e. The number of hydrogen-bond acceptors (Lipinski definition) is 4. The van der Waals surface area contributed by atoms with E-state index in [1.807, 2.05) is 43.3 Å². The van der Waals surface area contributed by atoms with Crippen LogP contribution in [0.1, 0.15) is 19.5 Å². The third-order valence-corrected chi connectivity index (χ3v) is 2.96. The van der Waals surface area contributed by atoms with Gasteiger partial charge in [0.1, 0.15) is 5.82 Å². The van der Waals surface area contributed by atoms with Crippen LogP contribution in [0.15, 0.2) is 36.4 Å². The maximum Gasteiger partial charge on any atom is 0.229 e. The summed E-state index contributed by atoms with van der Waals surface area (Å²) in [6.07, 6.45) is 0. The van der Waals surface area contributed by atoms with E-state index in [-0.39, 0.29) is 0 Å². The molecule has 0 bridgehead atoms. The van der Waals surface area contributed by atoms with Gasteiger partial charge in [-0.05, 0) is 32.9 Å². The highest BCUT2D eigenvalue weighted by Crippen LogP contribution is 2.17. The Morgan fingerprint density at radius 2 is 1.74 bits per heavy atom. The van der Waals surface area contributed by atoms with Gasteiger partial charge in [-0.25, -0.2) is 4.98 Å². The fourth-order valence-corrected chi connectivity index (χ4v) is 1.97. The molecule has 100 valence electrons. The lowest BCUT2D eigenvalue weighted by molar-refractivity contribution is 0.840. The first-order chi connectivity index (χ1) is 9.22. The molecule has 0 aliphatic rings. The SMILES string of the molecule is CCN(CC)c1cc(C)nc(Nc2ccccc2)n1. The predicted molar refractivity (Wildman–Crippen MR) is 80.1 cm³/mol. The Kier molecular flexibility index (Phi) is 4.34. The molecule has 0 spiro atoms. The van der Waals surface area contributed by atoms with Crippen molar-refractivity contribution in [2.24, 2.45) is 0 Å². The predicted octanol–water partition coefficient (Wildman–Crippen LogP) is 3.37. The topological polar surface area (TPSA) is 41.1 Å². The van der Waals surface area contributed by atoms with Crippen molar-refractivity contribution in [3.8, 4) is 0 Å². The van der Waals surface area contributed by atoms with Crippen LogP contribution in [0.25, 0.3) is 0 Å². The minimum atomic E-state index is 0.646. The zero-order chi connectivity index (χ0) is 13.7. The number of para-hydroxylation sites is 1. The van der Waals surface area contributed by atoms with E-state index in [0.717, 1.165) is 30.3 Å². The molecule has 1 heterocycles. The smallest absolute Gasteiger partial charge is 0.229 e. The van der Waals surface area contributed by atoms with Crippen LogP contribution in [0, 0.1) is 6.92 Å². The second-order valence-corrected chi connectivity index (χ2v) is 4.35. The lowest BCUT2D eigenvalue weighted by atomic mass is 10.3. The lowest BCUT2D eigenvalue weighted by Gasteiger charge is -2.20. The van der Waals surface area contributed by atoms with Crippen LogP contribution in [0.4, 0.5) is 17.5 Å². The third-order valence-electron chi connectivity index (χ3n) is 2.96. The molecule has 1 N–H and O–H groups in total. The number of aryl methyl sites for hydroxylation is 1. The van der Waals surface area contributed by atoms with E-state index in [0.29, 0.717) is 5.95 Å². The fraction of sp³-hybridized carbons (Fsp3) is 0.333. The molecule has 0 saturated heterocycles. The number of benzene rings is 1. The summed E-state index contributed by atoms with van der Waals surface area (Å²) in [4.78, 5) is 11.2. The molecule has 0 unspecified atom stereocenters. The van der Waals surface area contributed by atoms with Gasteiger partial charge in [-0.1, -0.05) is 18.2 Å². The highest BCUT2D eigenvalue weighted by atomic mass is 15.2. The lowest BCUT2D eigenvalue weighted by Crippen LogP contribution is -2.23. The average molecular weight is 256 g/mol. The van der Waals surface area contributed by atoms with Crippen molar-refractivity contribution in [3.05, 3.63) is 42.1 Å². The Balaban J connectivity index is 2.26. The first-order valence-electron chi connectivity index (χ1n) is 6.65. The first-order valence-corrected chi connectivity index (χ1v) is 6.65. The van der Waals surface area contributed by atoms with Crippen LogP contribution in [0.5, 0.6) is 0 Å². The molecule has 0 radical (unpaired) electrons. The van der Waals surface area contributed by atoms with Crippen molar-refractivity contribution in [1.29, 1.82) is 0 Å². The Hall–Kier alpha value is -2.10. The monoisotopic (exact) mass is 256 g/mol. The molecule has 19 heavy (non-hydrogen) atoms. The minimum absolute atomic E-state index is 0.646. The fourth-order valence-electron chi connectivity index (χ4n) is 1.97. The summed E-state index contributed by atoms with van der Waals surface area (Å²) in [5.41, 5.74) is 1.97. The normalized spacial score (nSPS) is 10.3. The van der Waals surface area contributed by atoms with E-state index in [1.165, 1.54) is 0 Å². The van der Waals surface area contributed by atoms with Crippen molar-refractivity contribution in [3.63, 3.8) is 0 Å². The highest BCUT2D eigenvalue weighted by Gasteiger charge is 2.07. The summed E-state index contributed by atoms with van der Waals surface area (Å²) in [6, 6.07) is 12.0. The molecule has 0 fully saturated rings. The van der Waals surface area contributed by atoms with Gasteiger partial charge < -0.3 is 10.2 Å². The van der Waals surface area contributed by atoms with Gasteiger partial charge in [-0.2, -0.15) is 4.98 Å². The molecule has 2 aromatic rings. The summed E-state index contributed by atoms with van der Waals surface area (Å²) in [5.74, 6) is 1.61. The van der Waals surface area contributed by atoms with E-state index in [1.54, 1.807) is 0 Å². The van der Waals surface area contributed by atoms with Crippen LogP contribution in [-0.2, 0) is 0 Å². The molecule has 4 heteroatoms. The first kappa shape index (κ1) is 13.3. The molecular weight excluding hydrogens is 236 g/mol. The maximum atomic E-state index is 4.57. The van der Waals surface area contributed by atoms with Crippen LogP contribution < -0.4 is 10.2 Å². The van der Waals surface area contributed by atoms with Crippen molar-refractivity contribution in [2.45, 2.75) is 20.8 Å². The van der Waals surface area contributed by atoms with E-state index in [4.69, 9.17) is 0 Å². The molecule has 0 saturated carbocycles. The molecule has 1 aromatic heterocycles.